The van der Waals surface area contributed by atoms with E-state index in [1.54, 1.807) is 11.1 Å². The quantitative estimate of drug-likeness (QED) is 0.660. The molecule has 0 aliphatic heterocycles. The number of rotatable bonds is 1. The van der Waals surface area contributed by atoms with Crippen molar-refractivity contribution in [3.8, 4) is 0 Å². The molecule has 2 aromatic carbocycles. The molecule has 16 heavy (non-hydrogen) atoms. The topological polar surface area (TPSA) is 0 Å². The van der Waals surface area contributed by atoms with Gasteiger partial charge in [-0.05, 0) is 36.0 Å². The minimum absolute atomic E-state index is 0.617. The molecule has 1 atom stereocenters. The summed E-state index contributed by atoms with van der Waals surface area (Å²) in [6.07, 6.45) is 3.86. The second kappa shape index (κ2) is 4.13. The number of aryl methyl sites for hydroxylation is 1. The third kappa shape index (κ3) is 1.65. The third-order valence-electron chi connectivity index (χ3n) is 3.57. The Hall–Kier alpha value is -1.56. The molecule has 0 N–H and O–H groups in total. The van der Waals surface area contributed by atoms with Gasteiger partial charge in [0, 0.05) is 5.92 Å². The van der Waals surface area contributed by atoms with Gasteiger partial charge in [0.1, 0.15) is 0 Å². The number of fused-ring (bicyclic) bond motifs is 1. The Bertz CT molecular complexity index is 470. The van der Waals surface area contributed by atoms with Gasteiger partial charge >= 0.3 is 0 Å². The monoisotopic (exact) mass is 208 g/mol. The Labute approximate surface area is 96.9 Å². The first kappa shape index (κ1) is 9.65. The molecule has 0 amide bonds. The van der Waals surface area contributed by atoms with Crippen LogP contribution in [0.3, 0.4) is 0 Å². The average Bonchev–Trinajstić information content (AvgIpc) is 2.39. The molecule has 0 heteroatoms. The second-order valence-corrected chi connectivity index (χ2v) is 4.55. The van der Waals surface area contributed by atoms with E-state index >= 15 is 0 Å². The maximum Gasteiger partial charge on any atom is 0.00921 e. The first-order valence-corrected chi connectivity index (χ1v) is 6.08. The van der Waals surface area contributed by atoms with Gasteiger partial charge < -0.3 is 0 Å². The zero-order valence-corrected chi connectivity index (χ0v) is 9.39. The number of hydrogen-bond donors (Lipinski definition) is 0. The summed E-state index contributed by atoms with van der Waals surface area (Å²) in [5, 5.41) is 0. The van der Waals surface area contributed by atoms with Crippen LogP contribution >= 0.6 is 0 Å². The Morgan fingerprint density at radius 3 is 2.44 bits per heavy atom. The lowest BCUT2D eigenvalue weighted by Gasteiger charge is -2.25. The van der Waals surface area contributed by atoms with Crippen molar-refractivity contribution < 1.29 is 0 Å². The molecule has 1 aliphatic carbocycles. The van der Waals surface area contributed by atoms with Gasteiger partial charge in [-0.15, -0.1) is 0 Å². The van der Waals surface area contributed by atoms with E-state index in [2.05, 4.69) is 54.6 Å². The van der Waals surface area contributed by atoms with Crippen molar-refractivity contribution in [1.29, 1.82) is 0 Å². The van der Waals surface area contributed by atoms with Gasteiger partial charge in [-0.3, -0.25) is 0 Å². The van der Waals surface area contributed by atoms with Gasteiger partial charge in [0.15, 0.2) is 0 Å². The minimum atomic E-state index is 0.617. The standard InChI is InChI=1S/C16H16/c1-2-7-13(8-3-1)16-12-6-10-14-9-4-5-11-15(14)16/h1-5,7-9,11,16H,6,10,12H2/t16-/m1/s1. The molecular weight excluding hydrogens is 192 g/mol. The molecule has 2 aromatic rings. The van der Waals surface area contributed by atoms with Gasteiger partial charge in [-0.2, -0.15) is 0 Å². The summed E-state index contributed by atoms with van der Waals surface area (Å²) in [5.41, 5.74) is 4.55. The van der Waals surface area contributed by atoms with E-state index in [0.29, 0.717) is 5.92 Å². The zero-order valence-electron chi connectivity index (χ0n) is 9.39. The molecule has 0 saturated heterocycles. The van der Waals surface area contributed by atoms with Gasteiger partial charge in [0.25, 0.3) is 0 Å². The molecule has 0 aromatic heterocycles. The normalized spacial score (nSPS) is 19.1. The summed E-state index contributed by atoms with van der Waals surface area (Å²) in [5.74, 6) is 0.617. The van der Waals surface area contributed by atoms with Crippen molar-refractivity contribution >= 4 is 0 Å². The molecule has 0 spiro atoms. The van der Waals surface area contributed by atoms with Crippen LogP contribution in [0.4, 0.5) is 0 Å². The fourth-order valence-corrected chi connectivity index (χ4v) is 2.79. The molecular formula is C16H16. The highest BCUT2D eigenvalue weighted by atomic mass is 14.2. The summed E-state index contributed by atoms with van der Waals surface area (Å²) in [6.45, 7) is 0. The Morgan fingerprint density at radius 2 is 1.56 bits per heavy atom. The summed E-state index contributed by atoms with van der Waals surface area (Å²) in [6, 6.07) is 19.8. The Balaban J connectivity index is 2.05. The van der Waals surface area contributed by atoms with Crippen LogP contribution in [0.15, 0.2) is 54.6 Å². The van der Waals surface area contributed by atoms with Crippen LogP contribution in [-0.4, -0.2) is 0 Å². The van der Waals surface area contributed by atoms with Crippen LogP contribution in [0.2, 0.25) is 0 Å². The maximum atomic E-state index is 2.30. The van der Waals surface area contributed by atoms with E-state index in [4.69, 9.17) is 0 Å². The van der Waals surface area contributed by atoms with Crippen molar-refractivity contribution in [3.63, 3.8) is 0 Å². The van der Waals surface area contributed by atoms with Crippen molar-refractivity contribution in [1.82, 2.24) is 0 Å². The van der Waals surface area contributed by atoms with Crippen LogP contribution in [0.1, 0.15) is 35.4 Å². The van der Waals surface area contributed by atoms with Crippen LogP contribution < -0.4 is 0 Å². The van der Waals surface area contributed by atoms with E-state index in [0.717, 1.165) is 0 Å². The third-order valence-corrected chi connectivity index (χ3v) is 3.57. The predicted octanol–water partition coefficient (Wildman–Crippen LogP) is 4.15. The van der Waals surface area contributed by atoms with E-state index in [9.17, 15) is 0 Å². The van der Waals surface area contributed by atoms with Crippen molar-refractivity contribution in [2.45, 2.75) is 25.2 Å². The summed E-state index contributed by atoms with van der Waals surface area (Å²) in [4.78, 5) is 0. The van der Waals surface area contributed by atoms with Crippen molar-refractivity contribution in [2.75, 3.05) is 0 Å². The lowest BCUT2D eigenvalue weighted by Crippen LogP contribution is -2.10. The lowest BCUT2D eigenvalue weighted by atomic mass is 9.79. The highest BCUT2D eigenvalue weighted by molar-refractivity contribution is 5.39. The SMILES string of the molecule is c1ccc([C@H]2CCCc3ccccc32)cc1. The molecule has 0 bridgehead atoms. The average molecular weight is 208 g/mol. The predicted molar refractivity (Wildman–Crippen MR) is 67.7 cm³/mol. The molecule has 0 heterocycles. The van der Waals surface area contributed by atoms with E-state index in [1.807, 2.05) is 0 Å². The molecule has 0 radical (unpaired) electrons. The zero-order chi connectivity index (χ0) is 10.8. The van der Waals surface area contributed by atoms with E-state index < -0.39 is 0 Å². The lowest BCUT2D eigenvalue weighted by molar-refractivity contribution is 0.616. The summed E-state index contributed by atoms with van der Waals surface area (Å²) >= 11 is 0. The smallest absolute Gasteiger partial charge is 0.00921 e. The Kier molecular flexibility index (Phi) is 2.49. The van der Waals surface area contributed by atoms with E-state index in [-0.39, 0.29) is 0 Å². The molecule has 1 aliphatic rings. The molecule has 0 unspecified atom stereocenters. The fourth-order valence-electron chi connectivity index (χ4n) is 2.79. The second-order valence-electron chi connectivity index (χ2n) is 4.55. The highest BCUT2D eigenvalue weighted by Gasteiger charge is 2.20. The highest BCUT2D eigenvalue weighted by Crippen LogP contribution is 2.36. The largest absolute Gasteiger partial charge is 0.0622 e. The van der Waals surface area contributed by atoms with Crippen LogP contribution in [0.25, 0.3) is 0 Å². The molecule has 0 nitrogen and oxygen atoms in total. The molecule has 3 rings (SSSR count). The first-order valence-electron chi connectivity index (χ1n) is 6.08. The van der Waals surface area contributed by atoms with Crippen LogP contribution in [0, 0.1) is 0 Å². The number of benzene rings is 2. The van der Waals surface area contributed by atoms with E-state index in [1.165, 1.54) is 24.8 Å². The van der Waals surface area contributed by atoms with Gasteiger partial charge in [0.05, 0.1) is 0 Å². The molecule has 0 fully saturated rings. The van der Waals surface area contributed by atoms with Crippen LogP contribution in [-0.2, 0) is 6.42 Å². The molecule has 80 valence electrons. The summed E-state index contributed by atoms with van der Waals surface area (Å²) in [7, 11) is 0. The fraction of sp³-hybridized carbons (Fsp3) is 0.250. The van der Waals surface area contributed by atoms with Crippen molar-refractivity contribution in [3.05, 3.63) is 71.3 Å². The van der Waals surface area contributed by atoms with Gasteiger partial charge in [0.2, 0.25) is 0 Å². The maximum absolute atomic E-state index is 2.30. The number of hydrogen-bond acceptors (Lipinski definition) is 0. The van der Waals surface area contributed by atoms with Crippen molar-refractivity contribution in [2.24, 2.45) is 0 Å². The van der Waals surface area contributed by atoms with Gasteiger partial charge in [-0.25, -0.2) is 0 Å². The van der Waals surface area contributed by atoms with Gasteiger partial charge in [-0.1, -0.05) is 54.6 Å². The summed E-state index contributed by atoms with van der Waals surface area (Å²) < 4.78 is 0. The molecule has 0 saturated carbocycles. The first-order chi connectivity index (χ1) is 7.95. The minimum Gasteiger partial charge on any atom is -0.0622 e. The van der Waals surface area contributed by atoms with Crippen LogP contribution in [0.5, 0.6) is 0 Å². The Morgan fingerprint density at radius 1 is 0.812 bits per heavy atom.